The molecule has 0 unspecified atom stereocenters. The third-order valence-electron chi connectivity index (χ3n) is 2.85. The van der Waals surface area contributed by atoms with Crippen molar-refractivity contribution in [1.82, 2.24) is 14.8 Å². The Labute approximate surface area is 121 Å². The van der Waals surface area contributed by atoms with Crippen LogP contribution in [0.15, 0.2) is 37.8 Å². The largest absolute Gasteiger partial charge is 0.339 e. The Kier molecular flexibility index (Phi) is 2.98. The molecule has 106 valence electrons. The van der Waals surface area contributed by atoms with Gasteiger partial charge in [-0.25, -0.2) is 0 Å². The zero-order valence-electron chi connectivity index (χ0n) is 10.7. The summed E-state index contributed by atoms with van der Waals surface area (Å²) in [5.74, 6) is -1.24. The number of hydrogen-bond donors (Lipinski definition) is 2. The Morgan fingerprint density at radius 3 is 2.71 bits per heavy atom. The minimum absolute atomic E-state index is 0.287. The first-order valence-electron chi connectivity index (χ1n) is 5.80. The number of H-pyrrole nitrogens is 1. The van der Waals surface area contributed by atoms with Crippen LogP contribution in [-0.2, 0) is 11.8 Å². The second-order valence-corrected chi connectivity index (χ2v) is 5.33. The van der Waals surface area contributed by atoms with Crippen molar-refractivity contribution in [2.75, 3.05) is 5.32 Å². The van der Waals surface area contributed by atoms with E-state index < -0.39 is 22.8 Å². The number of hydrogen-bond acceptors (Lipinski definition) is 6. The number of nitrogens with one attached hydrogen (secondary N) is 2. The summed E-state index contributed by atoms with van der Waals surface area (Å²) in [5.41, 5.74) is -0.939. The summed E-state index contributed by atoms with van der Waals surface area (Å²) in [6.45, 7) is 0. The SMILES string of the molecule is Cn1[nH]c(=O)c(=O)nc1Sc1ccc2c(c1)NC(=O)C2=O. The van der Waals surface area contributed by atoms with E-state index in [0.717, 1.165) is 11.8 Å². The summed E-state index contributed by atoms with van der Waals surface area (Å²) in [4.78, 5) is 49.5. The quantitative estimate of drug-likeness (QED) is 0.740. The van der Waals surface area contributed by atoms with Crippen molar-refractivity contribution in [3.63, 3.8) is 0 Å². The molecular weight excluding hydrogens is 296 g/mol. The van der Waals surface area contributed by atoms with Crippen molar-refractivity contribution in [2.45, 2.75) is 10.1 Å². The van der Waals surface area contributed by atoms with Gasteiger partial charge < -0.3 is 5.32 Å². The zero-order chi connectivity index (χ0) is 15.1. The summed E-state index contributed by atoms with van der Waals surface area (Å²) in [6, 6.07) is 4.78. The van der Waals surface area contributed by atoms with Gasteiger partial charge in [0, 0.05) is 11.9 Å². The third kappa shape index (κ3) is 2.27. The predicted molar refractivity (Wildman–Crippen MR) is 73.6 cm³/mol. The van der Waals surface area contributed by atoms with E-state index >= 15 is 0 Å². The van der Waals surface area contributed by atoms with Crippen molar-refractivity contribution >= 4 is 29.1 Å². The lowest BCUT2D eigenvalue weighted by Gasteiger charge is -2.06. The molecule has 0 fully saturated rings. The van der Waals surface area contributed by atoms with Crippen LogP contribution in [-0.4, -0.2) is 26.5 Å². The van der Waals surface area contributed by atoms with Crippen LogP contribution in [0.3, 0.4) is 0 Å². The Balaban J connectivity index is 1.98. The molecule has 0 aliphatic carbocycles. The second-order valence-electron chi connectivity index (χ2n) is 4.29. The smallest absolute Gasteiger partial charge is 0.318 e. The molecule has 0 bridgehead atoms. The number of fused-ring (bicyclic) bond motifs is 1. The molecule has 0 spiro atoms. The molecule has 3 rings (SSSR count). The molecule has 8 nitrogen and oxygen atoms in total. The summed E-state index contributed by atoms with van der Waals surface area (Å²) >= 11 is 1.12. The molecule has 0 radical (unpaired) electrons. The van der Waals surface area contributed by atoms with Gasteiger partial charge in [0.05, 0.1) is 11.3 Å². The van der Waals surface area contributed by atoms with Gasteiger partial charge in [0.25, 0.3) is 11.7 Å². The fraction of sp³-hybridized carbons (Fsp3) is 0.0833. The van der Waals surface area contributed by atoms with Crippen LogP contribution in [0.1, 0.15) is 10.4 Å². The Morgan fingerprint density at radius 2 is 1.95 bits per heavy atom. The fourth-order valence-corrected chi connectivity index (χ4v) is 2.68. The first-order valence-corrected chi connectivity index (χ1v) is 6.62. The molecule has 9 heteroatoms. The van der Waals surface area contributed by atoms with Gasteiger partial charge in [0.1, 0.15) is 0 Å². The average molecular weight is 304 g/mol. The van der Waals surface area contributed by atoms with E-state index in [1.165, 1.54) is 10.7 Å². The van der Waals surface area contributed by atoms with Crippen molar-refractivity contribution in [1.29, 1.82) is 0 Å². The number of aryl methyl sites for hydroxylation is 1. The van der Waals surface area contributed by atoms with Crippen molar-refractivity contribution in [3.05, 3.63) is 44.5 Å². The first-order chi connectivity index (χ1) is 9.95. The number of anilines is 1. The van der Waals surface area contributed by atoms with Gasteiger partial charge >= 0.3 is 11.1 Å². The minimum atomic E-state index is -0.875. The summed E-state index contributed by atoms with van der Waals surface area (Å²) in [6.07, 6.45) is 0. The number of aromatic amines is 1. The van der Waals surface area contributed by atoms with Gasteiger partial charge in [-0.05, 0) is 18.2 Å². The highest BCUT2D eigenvalue weighted by Gasteiger charge is 2.27. The third-order valence-corrected chi connectivity index (χ3v) is 3.88. The number of carbonyl (C=O) groups excluding carboxylic acids is 2. The standard InChI is InChI=1S/C12H8N4O4S/c1-16-12(14-10(19)11(20)15-16)21-5-2-3-6-7(4-5)13-9(18)8(6)17/h2-4H,1H3,(H,15,20)(H,13,17,18). The number of aromatic nitrogens is 3. The summed E-state index contributed by atoms with van der Waals surface area (Å²) in [7, 11) is 1.55. The molecular formula is C12H8N4O4S. The van der Waals surface area contributed by atoms with E-state index in [2.05, 4.69) is 15.4 Å². The number of benzene rings is 1. The van der Waals surface area contributed by atoms with Gasteiger partial charge in [-0.15, -0.1) is 0 Å². The Hall–Kier alpha value is -2.68. The van der Waals surface area contributed by atoms with Crippen LogP contribution in [0, 0.1) is 0 Å². The van der Waals surface area contributed by atoms with E-state index in [4.69, 9.17) is 0 Å². The second kappa shape index (κ2) is 4.70. The number of nitrogens with zero attached hydrogens (tertiary/aromatic N) is 2. The molecule has 2 heterocycles. The van der Waals surface area contributed by atoms with Crippen LogP contribution in [0.2, 0.25) is 0 Å². The van der Waals surface area contributed by atoms with Crippen LogP contribution in [0.5, 0.6) is 0 Å². The maximum absolute atomic E-state index is 11.5. The Bertz CT molecular complexity index is 899. The van der Waals surface area contributed by atoms with E-state index in [0.29, 0.717) is 16.1 Å². The molecule has 1 aliphatic heterocycles. The number of amides is 1. The highest BCUT2D eigenvalue weighted by molar-refractivity contribution is 7.99. The van der Waals surface area contributed by atoms with Gasteiger partial charge in [-0.1, -0.05) is 11.8 Å². The van der Waals surface area contributed by atoms with E-state index in [-0.39, 0.29) is 5.16 Å². The lowest BCUT2D eigenvalue weighted by Crippen LogP contribution is -2.33. The molecule has 1 aliphatic rings. The van der Waals surface area contributed by atoms with E-state index in [1.54, 1.807) is 19.2 Å². The molecule has 0 saturated carbocycles. The molecule has 1 aromatic carbocycles. The lowest BCUT2D eigenvalue weighted by molar-refractivity contribution is -0.112. The molecule has 21 heavy (non-hydrogen) atoms. The maximum atomic E-state index is 11.5. The topological polar surface area (TPSA) is 114 Å². The van der Waals surface area contributed by atoms with Crippen LogP contribution < -0.4 is 16.4 Å². The number of rotatable bonds is 2. The molecule has 1 amide bonds. The molecule has 0 atom stereocenters. The van der Waals surface area contributed by atoms with Gasteiger partial charge in [0.15, 0.2) is 5.16 Å². The normalized spacial score (nSPS) is 13.2. The van der Waals surface area contributed by atoms with E-state index in [1.807, 2.05) is 0 Å². The molecule has 1 aromatic heterocycles. The predicted octanol–water partition coefficient (Wildman–Crippen LogP) is -0.245. The minimum Gasteiger partial charge on any atom is -0.318 e. The van der Waals surface area contributed by atoms with Gasteiger partial charge in [0.2, 0.25) is 0 Å². The summed E-state index contributed by atoms with van der Waals surface area (Å²) < 4.78 is 1.32. The summed E-state index contributed by atoms with van der Waals surface area (Å²) in [5, 5.41) is 5.08. The van der Waals surface area contributed by atoms with Crippen LogP contribution in [0.25, 0.3) is 0 Å². The lowest BCUT2D eigenvalue weighted by atomic mass is 10.1. The maximum Gasteiger partial charge on any atom is 0.339 e. The van der Waals surface area contributed by atoms with Crippen molar-refractivity contribution < 1.29 is 9.59 Å². The number of Topliss-reactive ketones (excluding diaryl/α,β-unsaturated/α-hetero) is 1. The first kappa shape index (κ1) is 13.3. The fourth-order valence-electron chi connectivity index (χ4n) is 1.85. The monoisotopic (exact) mass is 304 g/mol. The van der Waals surface area contributed by atoms with Crippen LogP contribution >= 0.6 is 11.8 Å². The average Bonchev–Trinajstić information content (AvgIpc) is 2.71. The molecule has 2 N–H and O–H groups in total. The highest BCUT2D eigenvalue weighted by atomic mass is 32.2. The van der Waals surface area contributed by atoms with Crippen molar-refractivity contribution in [3.8, 4) is 0 Å². The van der Waals surface area contributed by atoms with Gasteiger partial charge in [-0.3, -0.25) is 29.0 Å². The molecule has 2 aromatic rings. The van der Waals surface area contributed by atoms with E-state index in [9.17, 15) is 19.2 Å². The highest BCUT2D eigenvalue weighted by Crippen LogP contribution is 2.31. The zero-order valence-corrected chi connectivity index (χ0v) is 11.5. The Morgan fingerprint density at radius 1 is 1.19 bits per heavy atom. The number of carbonyl (C=O) groups is 2. The molecule has 0 saturated heterocycles. The van der Waals surface area contributed by atoms with Crippen molar-refractivity contribution in [2.24, 2.45) is 7.05 Å². The van der Waals surface area contributed by atoms with Gasteiger partial charge in [-0.2, -0.15) is 4.98 Å². The number of ketones is 1. The van der Waals surface area contributed by atoms with Crippen LogP contribution in [0.4, 0.5) is 5.69 Å².